The quantitative estimate of drug-likeness (QED) is 0.385. The number of benzene rings is 3. The van der Waals surface area contributed by atoms with E-state index in [1.54, 1.807) is 12.1 Å². The van der Waals surface area contributed by atoms with Gasteiger partial charge in [0.25, 0.3) is 0 Å². The third kappa shape index (κ3) is 5.70. The first-order valence-electron chi connectivity index (χ1n) is 9.14. The van der Waals surface area contributed by atoms with Crippen LogP contribution in [-0.2, 0) is 18.2 Å². The van der Waals surface area contributed by atoms with E-state index in [1.165, 1.54) is 22.3 Å². The highest BCUT2D eigenvalue weighted by atomic mass is 79.9. The van der Waals surface area contributed by atoms with Crippen molar-refractivity contribution in [3.05, 3.63) is 89.0 Å². The number of nitriles is 1. The maximum absolute atomic E-state index is 8.56. The van der Waals surface area contributed by atoms with E-state index in [2.05, 4.69) is 77.5 Å². The fourth-order valence-corrected chi connectivity index (χ4v) is 3.25. The first-order chi connectivity index (χ1) is 13.1. The molecule has 138 valence electrons. The van der Waals surface area contributed by atoms with Crippen molar-refractivity contribution in [1.29, 1.82) is 5.26 Å². The Balaban J connectivity index is 0.000000208. The largest absolute Gasteiger partial charge is 0.399 e. The lowest BCUT2D eigenvalue weighted by Gasteiger charge is -2.09. The summed E-state index contributed by atoms with van der Waals surface area (Å²) in [5, 5.41) is 9.48. The van der Waals surface area contributed by atoms with Crippen LogP contribution >= 0.6 is 15.9 Å². The number of nitrogens with two attached hydrogens (primary N) is 1. The molecule has 3 heteroatoms. The van der Waals surface area contributed by atoms with Gasteiger partial charge >= 0.3 is 0 Å². The summed E-state index contributed by atoms with van der Waals surface area (Å²) in [4.78, 5) is 0. The average molecular weight is 421 g/mol. The molecule has 2 N–H and O–H groups in total. The molecule has 2 nitrogen and oxygen atoms in total. The van der Waals surface area contributed by atoms with Crippen LogP contribution < -0.4 is 5.73 Å². The van der Waals surface area contributed by atoms with Crippen molar-refractivity contribution in [2.45, 2.75) is 32.0 Å². The van der Waals surface area contributed by atoms with E-state index in [-0.39, 0.29) is 0 Å². The molecule has 0 saturated heterocycles. The van der Waals surface area contributed by atoms with Gasteiger partial charge in [0.15, 0.2) is 0 Å². The Morgan fingerprint density at radius 2 is 1.59 bits per heavy atom. The summed E-state index contributed by atoms with van der Waals surface area (Å²) in [6, 6.07) is 24.7. The maximum Gasteiger partial charge on any atom is 0.0991 e. The van der Waals surface area contributed by atoms with E-state index in [0.717, 1.165) is 29.4 Å². The van der Waals surface area contributed by atoms with Gasteiger partial charge in [-0.3, -0.25) is 0 Å². The Labute approximate surface area is 170 Å². The molecule has 0 aromatic heterocycles. The first-order valence-corrected chi connectivity index (χ1v) is 10.3. The number of nitrogen functional groups attached to an aromatic ring is 1. The van der Waals surface area contributed by atoms with E-state index in [4.69, 9.17) is 11.0 Å². The van der Waals surface area contributed by atoms with Crippen LogP contribution in [0.2, 0.25) is 0 Å². The molecule has 0 aliphatic rings. The van der Waals surface area contributed by atoms with Gasteiger partial charge < -0.3 is 5.73 Å². The van der Waals surface area contributed by atoms with Crippen LogP contribution in [-0.4, -0.2) is 0 Å². The van der Waals surface area contributed by atoms with Crippen molar-refractivity contribution >= 4 is 21.6 Å². The fraction of sp³-hybridized carbons (Fsp3) is 0.208. The van der Waals surface area contributed by atoms with Gasteiger partial charge in [0.05, 0.1) is 11.6 Å². The number of hydrogen-bond acceptors (Lipinski definition) is 2. The van der Waals surface area contributed by atoms with Crippen LogP contribution in [0.25, 0.3) is 11.1 Å². The monoisotopic (exact) mass is 420 g/mol. The Kier molecular flexibility index (Phi) is 8.10. The number of nitrogens with zero attached hydrogens (tertiary/aromatic N) is 1. The number of hydrogen-bond donors (Lipinski definition) is 1. The number of anilines is 1. The van der Waals surface area contributed by atoms with Crippen molar-refractivity contribution in [1.82, 2.24) is 0 Å². The highest BCUT2D eigenvalue weighted by Gasteiger charge is 2.04. The topological polar surface area (TPSA) is 49.8 Å². The fourth-order valence-electron chi connectivity index (χ4n) is 2.90. The van der Waals surface area contributed by atoms with Crippen LogP contribution in [0.5, 0.6) is 0 Å². The predicted octanol–water partition coefficient (Wildman–Crippen LogP) is 6.51. The lowest BCUT2D eigenvalue weighted by molar-refractivity contribution is 1.13. The van der Waals surface area contributed by atoms with Gasteiger partial charge in [-0.1, -0.05) is 78.3 Å². The van der Waals surface area contributed by atoms with Crippen LogP contribution in [0.4, 0.5) is 5.69 Å². The van der Waals surface area contributed by atoms with Crippen LogP contribution in [0.1, 0.15) is 36.1 Å². The molecule has 0 amide bonds. The van der Waals surface area contributed by atoms with Crippen molar-refractivity contribution < 1.29 is 0 Å². The summed E-state index contributed by atoms with van der Waals surface area (Å²) in [6.07, 6.45) is 1.95. The van der Waals surface area contributed by atoms with Crippen molar-refractivity contribution in [3.8, 4) is 17.2 Å². The van der Waals surface area contributed by atoms with Crippen molar-refractivity contribution in [3.63, 3.8) is 0 Å². The minimum Gasteiger partial charge on any atom is -0.399 e. The number of aryl methyl sites for hydroxylation is 2. The van der Waals surface area contributed by atoms with Gasteiger partial charge in [-0.25, -0.2) is 0 Å². The molecule has 0 unspecified atom stereocenters. The Morgan fingerprint density at radius 3 is 2.19 bits per heavy atom. The SMILES string of the molecule is CCc1cc(C#N)ccc1N.CCc1cc(CBr)ccc1-c1ccccc1. The van der Waals surface area contributed by atoms with E-state index in [1.807, 2.05) is 13.0 Å². The minimum atomic E-state index is 0.677. The Hall–Kier alpha value is -2.57. The third-order valence-electron chi connectivity index (χ3n) is 4.44. The molecule has 0 aliphatic heterocycles. The molecule has 3 aromatic rings. The summed E-state index contributed by atoms with van der Waals surface area (Å²) in [5.74, 6) is 0. The summed E-state index contributed by atoms with van der Waals surface area (Å²) in [6.45, 7) is 4.23. The van der Waals surface area contributed by atoms with Gasteiger partial charge in [0.2, 0.25) is 0 Å². The standard InChI is InChI=1S/C15H15Br.C9H10N2/c1-2-13-10-12(11-16)8-9-15(13)14-6-4-3-5-7-14;1-2-8-5-7(6-10)3-4-9(8)11/h3-10H,2,11H2,1H3;3-5H,2,11H2,1H3. The molecular formula is C24H25BrN2. The summed E-state index contributed by atoms with van der Waals surface area (Å²) in [5.41, 5.74) is 13.6. The molecule has 0 atom stereocenters. The van der Waals surface area contributed by atoms with Crippen molar-refractivity contribution in [2.75, 3.05) is 5.73 Å². The molecule has 0 bridgehead atoms. The molecule has 0 radical (unpaired) electrons. The smallest absolute Gasteiger partial charge is 0.0991 e. The van der Waals surface area contributed by atoms with E-state index in [0.29, 0.717) is 5.56 Å². The summed E-state index contributed by atoms with van der Waals surface area (Å²) >= 11 is 3.50. The average Bonchev–Trinajstić information content (AvgIpc) is 2.74. The number of alkyl halides is 1. The summed E-state index contributed by atoms with van der Waals surface area (Å²) < 4.78 is 0. The molecule has 3 rings (SSSR count). The molecule has 27 heavy (non-hydrogen) atoms. The lowest BCUT2D eigenvalue weighted by atomic mass is 9.96. The van der Waals surface area contributed by atoms with Crippen LogP contribution in [0, 0.1) is 11.3 Å². The molecule has 0 fully saturated rings. The first kappa shape index (κ1) is 20.7. The number of halogens is 1. The Morgan fingerprint density at radius 1 is 0.889 bits per heavy atom. The van der Waals surface area contributed by atoms with Gasteiger partial charge in [0, 0.05) is 11.0 Å². The highest BCUT2D eigenvalue weighted by Crippen LogP contribution is 2.25. The van der Waals surface area contributed by atoms with Crippen molar-refractivity contribution in [2.24, 2.45) is 0 Å². The predicted molar refractivity (Wildman–Crippen MR) is 119 cm³/mol. The maximum atomic E-state index is 8.56. The molecule has 0 spiro atoms. The third-order valence-corrected chi connectivity index (χ3v) is 5.09. The van der Waals surface area contributed by atoms with E-state index in [9.17, 15) is 0 Å². The zero-order chi connectivity index (χ0) is 19.6. The van der Waals surface area contributed by atoms with E-state index < -0.39 is 0 Å². The summed E-state index contributed by atoms with van der Waals surface area (Å²) in [7, 11) is 0. The van der Waals surface area contributed by atoms with Crippen LogP contribution in [0.3, 0.4) is 0 Å². The second-order valence-corrected chi connectivity index (χ2v) is 6.78. The molecule has 0 aliphatic carbocycles. The van der Waals surface area contributed by atoms with E-state index >= 15 is 0 Å². The second kappa shape index (κ2) is 10.5. The molecular weight excluding hydrogens is 396 g/mol. The van der Waals surface area contributed by atoms with Gasteiger partial charge in [-0.2, -0.15) is 5.26 Å². The lowest BCUT2D eigenvalue weighted by Crippen LogP contribution is -1.92. The van der Waals surface area contributed by atoms with Gasteiger partial charge in [-0.05, 0) is 58.9 Å². The van der Waals surface area contributed by atoms with Crippen LogP contribution in [0.15, 0.2) is 66.7 Å². The molecule has 3 aromatic carbocycles. The highest BCUT2D eigenvalue weighted by molar-refractivity contribution is 9.08. The zero-order valence-corrected chi connectivity index (χ0v) is 17.5. The van der Waals surface area contributed by atoms with Gasteiger partial charge in [-0.15, -0.1) is 0 Å². The zero-order valence-electron chi connectivity index (χ0n) is 15.9. The normalized spacial score (nSPS) is 9.85. The van der Waals surface area contributed by atoms with Gasteiger partial charge in [0.1, 0.15) is 0 Å². The number of rotatable bonds is 4. The second-order valence-electron chi connectivity index (χ2n) is 6.22. The Bertz CT molecular complexity index is 911. The molecule has 0 saturated carbocycles. The minimum absolute atomic E-state index is 0.677. The molecule has 0 heterocycles.